The second kappa shape index (κ2) is 10.1. The summed E-state index contributed by atoms with van der Waals surface area (Å²) in [7, 11) is 0. The van der Waals surface area contributed by atoms with Crippen molar-refractivity contribution in [2.75, 3.05) is 11.9 Å². The monoisotopic (exact) mass is 393 g/mol. The van der Waals surface area contributed by atoms with E-state index in [1.165, 1.54) is 0 Å². The zero-order valence-electron chi connectivity index (χ0n) is 15.8. The molecule has 0 saturated heterocycles. The van der Waals surface area contributed by atoms with Gasteiger partial charge in [0, 0.05) is 11.8 Å². The lowest BCUT2D eigenvalue weighted by molar-refractivity contribution is -0.138. The number of anilines is 1. The minimum atomic E-state index is -1.14. The normalized spacial score (nSPS) is 11.5. The highest BCUT2D eigenvalue weighted by molar-refractivity contribution is 5.77. The summed E-state index contributed by atoms with van der Waals surface area (Å²) < 4.78 is 11.9. The Bertz CT molecular complexity index is 915. The van der Waals surface area contributed by atoms with Crippen LogP contribution >= 0.6 is 0 Å². The van der Waals surface area contributed by atoms with Gasteiger partial charge in [0.05, 0.1) is 6.61 Å². The van der Waals surface area contributed by atoms with Crippen LogP contribution in [0.2, 0.25) is 0 Å². The third-order valence-corrected chi connectivity index (χ3v) is 4.24. The van der Waals surface area contributed by atoms with Crippen LogP contribution < -0.4 is 14.8 Å². The van der Waals surface area contributed by atoms with Crippen molar-refractivity contribution in [1.82, 2.24) is 0 Å². The van der Waals surface area contributed by atoms with Crippen LogP contribution in [0, 0.1) is 0 Å². The third-order valence-electron chi connectivity index (χ3n) is 4.24. The second-order valence-electron chi connectivity index (χ2n) is 6.43. The minimum absolute atomic E-state index is 0.342. The minimum Gasteiger partial charge on any atom is -0.485 e. The van der Waals surface area contributed by atoms with Gasteiger partial charge in [-0.1, -0.05) is 60.7 Å². The van der Waals surface area contributed by atoms with Crippen molar-refractivity contribution in [2.45, 2.75) is 19.3 Å². The molecule has 3 N–H and O–H groups in total. The highest BCUT2D eigenvalue weighted by Crippen LogP contribution is 2.32. The molecule has 0 spiro atoms. The Morgan fingerprint density at radius 3 is 1.90 bits per heavy atom. The zero-order chi connectivity index (χ0) is 20.5. The average Bonchev–Trinajstić information content (AvgIpc) is 2.76. The van der Waals surface area contributed by atoms with Gasteiger partial charge in [-0.2, -0.15) is 0 Å². The van der Waals surface area contributed by atoms with Gasteiger partial charge in [0.1, 0.15) is 19.3 Å². The van der Waals surface area contributed by atoms with E-state index in [0.717, 1.165) is 11.1 Å². The number of carboxylic acid groups (broad SMARTS) is 1. The summed E-state index contributed by atoms with van der Waals surface area (Å²) in [4.78, 5) is 11.2. The van der Waals surface area contributed by atoms with Crippen LogP contribution in [0.1, 0.15) is 11.1 Å². The number of carboxylic acids is 1. The second-order valence-corrected chi connectivity index (χ2v) is 6.43. The van der Waals surface area contributed by atoms with E-state index >= 15 is 0 Å². The molecular formula is C23H23NO5. The molecule has 0 bridgehead atoms. The third kappa shape index (κ3) is 5.99. The fourth-order valence-corrected chi connectivity index (χ4v) is 2.69. The van der Waals surface area contributed by atoms with Crippen LogP contribution in [-0.2, 0) is 18.0 Å². The van der Waals surface area contributed by atoms with E-state index in [0.29, 0.717) is 30.4 Å². The van der Waals surface area contributed by atoms with E-state index in [9.17, 15) is 9.90 Å². The van der Waals surface area contributed by atoms with Crippen LogP contribution in [0.15, 0.2) is 78.9 Å². The van der Waals surface area contributed by atoms with Crippen LogP contribution in [0.25, 0.3) is 0 Å². The van der Waals surface area contributed by atoms with E-state index in [1.54, 1.807) is 18.2 Å². The van der Waals surface area contributed by atoms with E-state index in [2.05, 4.69) is 5.32 Å². The molecule has 1 atom stereocenters. The topological polar surface area (TPSA) is 88.0 Å². The summed E-state index contributed by atoms with van der Waals surface area (Å²) in [6, 6.07) is 23.5. The van der Waals surface area contributed by atoms with Gasteiger partial charge in [-0.25, -0.2) is 4.79 Å². The van der Waals surface area contributed by atoms with Crippen LogP contribution in [0.4, 0.5) is 5.69 Å². The molecule has 0 fully saturated rings. The molecule has 6 nitrogen and oxygen atoms in total. The predicted molar refractivity (Wildman–Crippen MR) is 110 cm³/mol. The number of aliphatic hydroxyl groups excluding tert-OH is 1. The maximum absolute atomic E-state index is 11.2. The summed E-state index contributed by atoms with van der Waals surface area (Å²) in [6.45, 7) is 0.194. The fraction of sp³-hybridized carbons (Fsp3) is 0.174. The molecule has 3 aromatic rings. The Balaban J connectivity index is 1.78. The van der Waals surface area contributed by atoms with Gasteiger partial charge < -0.3 is 25.0 Å². The molecule has 3 rings (SSSR count). The average molecular weight is 393 g/mol. The van der Waals surface area contributed by atoms with Crippen molar-refractivity contribution in [3.8, 4) is 11.5 Å². The molecule has 0 aliphatic heterocycles. The van der Waals surface area contributed by atoms with Crippen LogP contribution in [0.5, 0.6) is 11.5 Å². The summed E-state index contributed by atoms with van der Waals surface area (Å²) in [5, 5.41) is 21.2. The predicted octanol–water partition coefficient (Wildman–Crippen LogP) is 3.70. The first kappa shape index (κ1) is 20.2. The number of aliphatic carboxylic acids is 1. The van der Waals surface area contributed by atoms with E-state index < -0.39 is 18.6 Å². The largest absolute Gasteiger partial charge is 0.485 e. The van der Waals surface area contributed by atoms with Gasteiger partial charge in [0.2, 0.25) is 0 Å². The number of aliphatic hydroxyl groups is 1. The molecule has 0 aliphatic rings. The number of hydrogen-bond acceptors (Lipinski definition) is 5. The Labute approximate surface area is 169 Å². The Morgan fingerprint density at radius 1 is 0.828 bits per heavy atom. The van der Waals surface area contributed by atoms with Crippen LogP contribution in [-0.4, -0.2) is 28.8 Å². The molecule has 150 valence electrons. The van der Waals surface area contributed by atoms with Crippen LogP contribution in [0.3, 0.4) is 0 Å². The molecule has 0 amide bonds. The van der Waals surface area contributed by atoms with Crippen molar-refractivity contribution in [3.63, 3.8) is 0 Å². The molecule has 0 aliphatic carbocycles. The Hall–Kier alpha value is -3.51. The van der Waals surface area contributed by atoms with E-state index in [4.69, 9.17) is 14.6 Å². The first-order valence-corrected chi connectivity index (χ1v) is 9.23. The molecule has 3 aromatic carbocycles. The van der Waals surface area contributed by atoms with Gasteiger partial charge in [-0.05, 0) is 23.3 Å². The number of carbonyl (C=O) groups is 1. The molecule has 1 unspecified atom stereocenters. The van der Waals surface area contributed by atoms with Gasteiger partial charge in [0.25, 0.3) is 0 Å². The van der Waals surface area contributed by atoms with Crippen molar-refractivity contribution < 1.29 is 24.5 Å². The summed E-state index contributed by atoms with van der Waals surface area (Å²) in [5.74, 6) is -0.105. The fourth-order valence-electron chi connectivity index (χ4n) is 2.69. The summed E-state index contributed by atoms with van der Waals surface area (Å²) in [6.07, 6.45) is 0. The highest BCUT2D eigenvalue weighted by Gasteiger charge is 2.17. The van der Waals surface area contributed by atoms with Gasteiger partial charge >= 0.3 is 5.97 Å². The lowest BCUT2D eigenvalue weighted by Crippen LogP contribution is -2.32. The quantitative estimate of drug-likeness (QED) is 0.487. The lowest BCUT2D eigenvalue weighted by Gasteiger charge is -2.17. The SMILES string of the molecule is O=C(O)C(CO)Nc1ccc(OCc2ccccc2)c(OCc2ccccc2)c1. The molecule has 0 radical (unpaired) electrons. The molecule has 0 heterocycles. The first-order chi connectivity index (χ1) is 14.2. The number of nitrogens with one attached hydrogen (secondary N) is 1. The summed E-state index contributed by atoms with van der Waals surface area (Å²) >= 11 is 0. The van der Waals surface area contributed by atoms with Crippen molar-refractivity contribution in [2.24, 2.45) is 0 Å². The molecular weight excluding hydrogens is 370 g/mol. The number of benzene rings is 3. The lowest BCUT2D eigenvalue weighted by atomic mass is 10.2. The highest BCUT2D eigenvalue weighted by atomic mass is 16.5. The molecule has 0 aromatic heterocycles. The maximum Gasteiger partial charge on any atom is 0.328 e. The van der Waals surface area contributed by atoms with Gasteiger partial charge in [-0.3, -0.25) is 0 Å². The van der Waals surface area contributed by atoms with Crippen molar-refractivity contribution >= 4 is 11.7 Å². The van der Waals surface area contributed by atoms with Crippen molar-refractivity contribution in [3.05, 3.63) is 90.0 Å². The van der Waals surface area contributed by atoms with Gasteiger partial charge in [-0.15, -0.1) is 0 Å². The smallest absolute Gasteiger partial charge is 0.328 e. The van der Waals surface area contributed by atoms with E-state index in [1.807, 2.05) is 60.7 Å². The molecule has 6 heteroatoms. The van der Waals surface area contributed by atoms with E-state index in [-0.39, 0.29) is 0 Å². The number of rotatable bonds is 10. The maximum atomic E-state index is 11.2. The molecule has 0 saturated carbocycles. The van der Waals surface area contributed by atoms with Gasteiger partial charge in [0.15, 0.2) is 11.5 Å². The molecule has 29 heavy (non-hydrogen) atoms. The first-order valence-electron chi connectivity index (χ1n) is 9.23. The van der Waals surface area contributed by atoms with Crippen molar-refractivity contribution in [1.29, 1.82) is 0 Å². The number of hydrogen-bond donors (Lipinski definition) is 3. The summed E-state index contributed by atoms with van der Waals surface area (Å²) in [5.41, 5.74) is 2.54. The Morgan fingerprint density at radius 2 is 1.38 bits per heavy atom. The Kier molecular flexibility index (Phi) is 7.08. The number of ether oxygens (including phenoxy) is 2. The standard InChI is InChI=1S/C23H23NO5/c25-14-20(23(26)27)24-19-11-12-21(28-15-17-7-3-1-4-8-17)22(13-19)29-16-18-9-5-2-6-10-18/h1-13,20,24-25H,14-16H2,(H,26,27). The zero-order valence-corrected chi connectivity index (χ0v) is 15.8.